The number of carbonyl (C=O) groups excluding carboxylic acids is 1. The van der Waals surface area contributed by atoms with Crippen molar-refractivity contribution in [3.05, 3.63) is 82.6 Å². The van der Waals surface area contributed by atoms with Crippen LogP contribution < -0.4 is 0 Å². The van der Waals surface area contributed by atoms with Crippen molar-refractivity contribution >= 4 is 17.5 Å². The van der Waals surface area contributed by atoms with E-state index in [-0.39, 0.29) is 25.4 Å². The van der Waals surface area contributed by atoms with Gasteiger partial charge in [-0.1, -0.05) is 41.9 Å². The van der Waals surface area contributed by atoms with Crippen LogP contribution in [0.2, 0.25) is 5.02 Å². The van der Waals surface area contributed by atoms with E-state index in [4.69, 9.17) is 11.6 Å². The predicted molar refractivity (Wildman–Crippen MR) is 102 cm³/mol. The van der Waals surface area contributed by atoms with Gasteiger partial charge in [0.2, 0.25) is 0 Å². The molecule has 0 fully saturated rings. The lowest BCUT2D eigenvalue weighted by molar-refractivity contribution is -0.143. The Morgan fingerprint density at radius 1 is 1.10 bits per heavy atom. The Labute approximate surface area is 169 Å². The third-order valence-corrected chi connectivity index (χ3v) is 4.46. The molecule has 0 radical (unpaired) electrons. The van der Waals surface area contributed by atoms with Crippen LogP contribution in [0.25, 0.3) is 5.69 Å². The summed E-state index contributed by atoms with van der Waals surface area (Å²) < 4.78 is 42.2. The molecule has 5 nitrogen and oxygen atoms in total. The summed E-state index contributed by atoms with van der Waals surface area (Å²) in [4.78, 5) is 14.1. The van der Waals surface area contributed by atoms with Gasteiger partial charge >= 0.3 is 6.18 Å². The monoisotopic (exact) mass is 423 g/mol. The molecule has 0 spiro atoms. The lowest BCUT2D eigenvalue weighted by atomic mass is 10.1. The first-order valence-electron chi connectivity index (χ1n) is 8.66. The first kappa shape index (κ1) is 20.9. The molecule has 152 valence electrons. The molecular weight excluding hydrogens is 407 g/mol. The number of rotatable bonds is 6. The molecule has 0 saturated heterocycles. The molecule has 1 aromatic heterocycles. The van der Waals surface area contributed by atoms with Crippen molar-refractivity contribution in [3.8, 4) is 5.69 Å². The van der Waals surface area contributed by atoms with Crippen LogP contribution in [0.15, 0.2) is 60.8 Å². The van der Waals surface area contributed by atoms with Crippen LogP contribution in [0.5, 0.6) is 0 Å². The van der Waals surface area contributed by atoms with E-state index in [0.29, 0.717) is 9.70 Å². The van der Waals surface area contributed by atoms with Crippen molar-refractivity contribution < 1.29 is 23.1 Å². The molecule has 0 saturated carbocycles. The van der Waals surface area contributed by atoms with E-state index in [1.165, 1.54) is 24.3 Å². The number of alkyl halides is 3. The number of carbonyl (C=O) groups is 1. The zero-order valence-corrected chi connectivity index (χ0v) is 15.9. The molecule has 1 heterocycles. The quantitative estimate of drug-likeness (QED) is 0.647. The number of hydrogen-bond acceptors (Lipinski definition) is 3. The molecule has 0 atom stereocenters. The summed E-state index contributed by atoms with van der Waals surface area (Å²) in [7, 11) is 0. The molecule has 3 rings (SSSR count). The lowest BCUT2D eigenvalue weighted by Crippen LogP contribution is -2.34. The zero-order valence-electron chi connectivity index (χ0n) is 15.1. The Morgan fingerprint density at radius 2 is 1.76 bits per heavy atom. The van der Waals surface area contributed by atoms with Gasteiger partial charge in [-0.25, -0.2) is 4.68 Å². The minimum Gasteiger partial charge on any atom is -0.395 e. The highest BCUT2D eigenvalue weighted by atomic mass is 35.5. The summed E-state index contributed by atoms with van der Waals surface area (Å²) in [6, 6.07) is 14.5. The van der Waals surface area contributed by atoms with Crippen LogP contribution in [0.4, 0.5) is 13.2 Å². The lowest BCUT2D eigenvalue weighted by Gasteiger charge is -2.22. The summed E-state index contributed by atoms with van der Waals surface area (Å²) in [5.74, 6) is -0.865. The van der Waals surface area contributed by atoms with E-state index in [1.807, 2.05) is 0 Å². The first-order chi connectivity index (χ1) is 13.8. The standard InChI is InChI=1S/C20H17ClF3N3O2/c21-15-6-8-16(9-7-15)27-18(20(22,23)24)17(12-25-27)19(29)26(10-11-28)13-14-4-2-1-3-5-14/h1-9,12,28H,10-11,13H2. The van der Waals surface area contributed by atoms with Crippen LogP contribution in [-0.4, -0.2) is 38.8 Å². The Bertz CT molecular complexity index is 973. The van der Waals surface area contributed by atoms with E-state index in [1.54, 1.807) is 30.3 Å². The van der Waals surface area contributed by atoms with E-state index < -0.39 is 23.3 Å². The predicted octanol–water partition coefficient (Wildman–Crippen LogP) is 4.18. The third kappa shape index (κ3) is 4.78. The van der Waals surface area contributed by atoms with E-state index in [9.17, 15) is 23.1 Å². The first-order valence-corrected chi connectivity index (χ1v) is 9.04. The number of halogens is 4. The highest BCUT2D eigenvalue weighted by Crippen LogP contribution is 2.34. The number of benzene rings is 2. The van der Waals surface area contributed by atoms with Gasteiger partial charge in [-0.3, -0.25) is 4.79 Å². The maximum atomic E-state index is 13.8. The number of aliphatic hydroxyl groups excluding tert-OH is 1. The second kappa shape index (κ2) is 8.67. The maximum absolute atomic E-state index is 13.8. The normalized spacial score (nSPS) is 11.5. The molecule has 0 bridgehead atoms. The van der Waals surface area contributed by atoms with Crippen molar-refractivity contribution in [3.63, 3.8) is 0 Å². The van der Waals surface area contributed by atoms with Crippen molar-refractivity contribution in [2.75, 3.05) is 13.2 Å². The van der Waals surface area contributed by atoms with Gasteiger partial charge in [0.15, 0.2) is 5.69 Å². The van der Waals surface area contributed by atoms with Gasteiger partial charge in [-0.15, -0.1) is 0 Å². The molecule has 2 aromatic carbocycles. The summed E-state index contributed by atoms with van der Waals surface area (Å²) in [6.45, 7) is -0.438. The van der Waals surface area contributed by atoms with E-state index >= 15 is 0 Å². The van der Waals surface area contributed by atoms with Gasteiger partial charge in [0, 0.05) is 18.1 Å². The highest BCUT2D eigenvalue weighted by molar-refractivity contribution is 6.30. The van der Waals surface area contributed by atoms with Crippen LogP contribution >= 0.6 is 11.6 Å². The van der Waals surface area contributed by atoms with Crippen molar-refractivity contribution in [2.45, 2.75) is 12.7 Å². The number of aromatic nitrogens is 2. The minimum atomic E-state index is -4.82. The summed E-state index contributed by atoms with van der Waals surface area (Å²) in [5.41, 5.74) is -0.914. The average molecular weight is 424 g/mol. The Morgan fingerprint density at radius 3 is 2.34 bits per heavy atom. The second-order valence-corrected chi connectivity index (χ2v) is 6.67. The van der Waals surface area contributed by atoms with Crippen LogP contribution in [0.1, 0.15) is 21.6 Å². The average Bonchev–Trinajstić information content (AvgIpc) is 3.14. The number of amides is 1. The molecule has 9 heteroatoms. The van der Waals surface area contributed by atoms with Gasteiger partial charge < -0.3 is 10.0 Å². The van der Waals surface area contributed by atoms with Crippen molar-refractivity contribution in [1.29, 1.82) is 0 Å². The smallest absolute Gasteiger partial charge is 0.395 e. The Balaban J connectivity index is 2.01. The number of hydrogen-bond donors (Lipinski definition) is 1. The molecule has 0 aliphatic heterocycles. The van der Waals surface area contributed by atoms with Crippen LogP contribution in [0, 0.1) is 0 Å². The second-order valence-electron chi connectivity index (χ2n) is 6.23. The molecular formula is C20H17ClF3N3O2. The molecule has 1 amide bonds. The Kier molecular flexibility index (Phi) is 6.24. The maximum Gasteiger partial charge on any atom is 0.434 e. The van der Waals surface area contributed by atoms with Gasteiger partial charge in [0.05, 0.1) is 24.1 Å². The van der Waals surface area contributed by atoms with Crippen LogP contribution in [-0.2, 0) is 12.7 Å². The molecule has 0 unspecified atom stereocenters. The number of nitrogens with zero attached hydrogens (tertiary/aromatic N) is 3. The molecule has 1 N–H and O–H groups in total. The van der Waals surface area contributed by atoms with Gasteiger partial charge in [-0.2, -0.15) is 18.3 Å². The molecule has 0 aliphatic carbocycles. The number of aliphatic hydroxyl groups is 1. The van der Waals surface area contributed by atoms with Crippen molar-refractivity contribution in [2.24, 2.45) is 0 Å². The topological polar surface area (TPSA) is 58.4 Å². The molecule has 29 heavy (non-hydrogen) atoms. The van der Waals surface area contributed by atoms with Gasteiger partial charge in [0.1, 0.15) is 0 Å². The fourth-order valence-corrected chi connectivity index (χ4v) is 3.03. The third-order valence-electron chi connectivity index (χ3n) is 4.21. The zero-order chi connectivity index (χ0) is 21.0. The largest absolute Gasteiger partial charge is 0.434 e. The molecule has 0 aliphatic rings. The van der Waals surface area contributed by atoms with Gasteiger partial charge in [0.25, 0.3) is 5.91 Å². The summed E-state index contributed by atoms with van der Waals surface area (Å²) in [6.07, 6.45) is -3.92. The fraction of sp³-hybridized carbons (Fsp3) is 0.200. The van der Waals surface area contributed by atoms with Gasteiger partial charge in [-0.05, 0) is 29.8 Å². The molecule has 3 aromatic rings. The van der Waals surface area contributed by atoms with E-state index in [2.05, 4.69) is 5.10 Å². The highest BCUT2D eigenvalue weighted by Gasteiger charge is 2.41. The fourth-order valence-electron chi connectivity index (χ4n) is 2.90. The van der Waals surface area contributed by atoms with E-state index in [0.717, 1.165) is 16.7 Å². The summed E-state index contributed by atoms with van der Waals surface area (Å²) in [5, 5.41) is 13.5. The van der Waals surface area contributed by atoms with Crippen molar-refractivity contribution in [1.82, 2.24) is 14.7 Å². The Hall–Kier alpha value is -2.84. The summed E-state index contributed by atoms with van der Waals surface area (Å²) >= 11 is 5.80. The SMILES string of the molecule is O=C(c1cnn(-c2ccc(Cl)cc2)c1C(F)(F)F)N(CCO)Cc1ccccc1. The minimum absolute atomic E-state index is 0.0592. The van der Waals surface area contributed by atoms with Crippen LogP contribution in [0.3, 0.4) is 0 Å².